The molecule has 0 bridgehead atoms. The molecule has 0 radical (unpaired) electrons. The van der Waals surface area contributed by atoms with E-state index in [1.54, 1.807) is 11.3 Å². The van der Waals surface area contributed by atoms with E-state index in [-0.39, 0.29) is 5.38 Å². The Morgan fingerprint density at radius 1 is 1.22 bits per heavy atom. The second-order valence-electron chi connectivity index (χ2n) is 4.48. The van der Waals surface area contributed by atoms with Crippen LogP contribution in [-0.4, -0.2) is 0 Å². The van der Waals surface area contributed by atoms with Crippen LogP contribution in [0.1, 0.15) is 39.4 Å². The van der Waals surface area contributed by atoms with E-state index in [2.05, 4.69) is 31.4 Å². The molecule has 0 N–H and O–H groups in total. The minimum absolute atomic E-state index is 0.0732. The van der Waals surface area contributed by atoms with Crippen LogP contribution in [0.5, 0.6) is 0 Å². The molecule has 1 unspecified atom stereocenters. The van der Waals surface area contributed by atoms with Gasteiger partial charge in [-0.1, -0.05) is 24.6 Å². The van der Waals surface area contributed by atoms with Crippen molar-refractivity contribution in [1.82, 2.24) is 0 Å². The highest BCUT2D eigenvalue weighted by molar-refractivity contribution is 7.10. The van der Waals surface area contributed by atoms with Crippen LogP contribution in [-0.2, 0) is 6.42 Å². The van der Waals surface area contributed by atoms with Crippen molar-refractivity contribution in [1.29, 1.82) is 0 Å². The molecule has 0 fully saturated rings. The second kappa shape index (κ2) is 5.64. The van der Waals surface area contributed by atoms with Gasteiger partial charge in [0.05, 0.1) is 5.38 Å². The maximum absolute atomic E-state index is 6.65. The quantitative estimate of drug-likeness (QED) is 0.618. The molecule has 1 atom stereocenters. The first kappa shape index (κ1) is 13.9. The summed E-state index contributed by atoms with van der Waals surface area (Å²) in [6.07, 6.45) is 1.02. The molecule has 96 valence electrons. The van der Waals surface area contributed by atoms with Crippen molar-refractivity contribution in [2.24, 2.45) is 0 Å². The number of aryl methyl sites for hydroxylation is 3. The van der Waals surface area contributed by atoms with Crippen molar-refractivity contribution in [2.75, 3.05) is 0 Å². The van der Waals surface area contributed by atoms with Gasteiger partial charge in [-0.15, -0.1) is 22.9 Å². The smallest absolute Gasteiger partial charge is 0.0933 e. The number of hydrogen-bond acceptors (Lipinski definition) is 1. The fraction of sp³-hybridized carbons (Fsp3) is 0.333. The van der Waals surface area contributed by atoms with Gasteiger partial charge in [-0.3, -0.25) is 0 Å². The molecule has 2 aromatic rings. The molecule has 0 spiro atoms. The normalized spacial score (nSPS) is 12.7. The number of thiophene rings is 1. The van der Waals surface area contributed by atoms with Crippen molar-refractivity contribution < 1.29 is 0 Å². The largest absolute Gasteiger partial charge is 0.147 e. The summed E-state index contributed by atoms with van der Waals surface area (Å²) in [5, 5.41) is 2.85. The van der Waals surface area contributed by atoms with E-state index in [1.165, 1.54) is 10.4 Å². The highest BCUT2D eigenvalue weighted by atomic mass is 35.5. The van der Waals surface area contributed by atoms with E-state index in [0.717, 1.165) is 28.1 Å². The van der Waals surface area contributed by atoms with Gasteiger partial charge < -0.3 is 0 Å². The first-order valence-electron chi connectivity index (χ1n) is 6.01. The molecule has 0 aliphatic heterocycles. The predicted octanol–water partition coefficient (Wildman–Crippen LogP) is 5.91. The Hall–Kier alpha value is -0.500. The standard InChI is InChI=1S/C15H16Cl2S/c1-4-11-5-6-18-15(11)14(17)12-7-10(3)13(16)8-9(12)2/h5-8,14H,4H2,1-3H3. The summed E-state index contributed by atoms with van der Waals surface area (Å²) in [6, 6.07) is 6.27. The second-order valence-corrected chi connectivity index (χ2v) is 6.28. The van der Waals surface area contributed by atoms with Crippen LogP contribution in [0.25, 0.3) is 0 Å². The van der Waals surface area contributed by atoms with Gasteiger partial charge in [0.25, 0.3) is 0 Å². The highest BCUT2D eigenvalue weighted by Gasteiger charge is 2.18. The van der Waals surface area contributed by atoms with Gasteiger partial charge in [-0.2, -0.15) is 0 Å². The Kier molecular flexibility index (Phi) is 4.37. The van der Waals surface area contributed by atoms with Gasteiger partial charge in [0.2, 0.25) is 0 Å². The Morgan fingerprint density at radius 2 is 1.94 bits per heavy atom. The SMILES string of the molecule is CCc1ccsc1C(Cl)c1cc(C)c(Cl)cc1C. The summed E-state index contributed by atoms with van der Waals surface area (Å²) >= 11 is 14.5. The number of benzene rings is 1. The molecule has 0 saturated heterocycles. The van der Waals surface area contributed by atoms with E-state index in [9.17, 15) is 0 Å². The van der Waals surface area contributed by atoms with E-state index in [4.69, 9.17) is 23.2 Å². The third-order valence-electron chi connectivity index (χ3n) is 3.21. The zero-order valence-corrected chi connectivity index (χ0v) is 13.1. The predicted molar refractivity (Wildman–Crippen MR) is 82.3 cm³/mol. The number of hydrogen-bond donors (Lipinski definition) is 0. The van der Waals surface area contributed by atoms with Crippen molar-refractivity contribution >= 4 is 34.5 Å². The summed E-state index contributed by atoms with van der Waals surface area (Å²) in [5.74, 6) is 0. The van der Waals surface area contributed by atoms with Gasteiger partial charge in [0.1, 0.15) is 0 Å². The fourth-order valence-electron chi connectivity index (χ4n) is 2.08. The number of rotatable bonds is 3. The lowest BCUT2D eigenvalue weighted by Crippen LogP contribution is -1.98. The van der Waals surface area contributed by atoms with Gasteiger partial charge in [-0.25, -0.2) is 0 Å². The van der Waals surface area contributed by atoms with Crippen molar-refractivity contribution in [3.8, 4) is 0 Å². The minimum Gasteiger partial charge on any atom is -0.147 e. The molecular formula is C15H16Cl2S. The Balaban J connectivity index is 2.46. The Labute approximate surface area is 123 Å². The first-order chi connectivity index (χ1) is 8.54. The molecule has 0 saturated carbocycles. The molecule has 2 rings (SSSR count). The molecule has 0 nitrogen and oxygen atoms in total. The molecule has 3 heteroatoms. The van der Waals surface area contributed by atoms with Crippen molar-refractivity contribution in [3.05, 3.63) is 55.7 Å². The van der Waals surface area contributed by atoms with Crippen LogP contribution < -0.4 is 0 Å². The lowest BCUT2D eigenvalue weighted by atomic mass is 10.00. The average Bonchev–Trinajstić information content (AvgIpc) is 2.81. The van der Waals surface area contributed by atoms with E-state index in [1.807, 2.05) is 13.0 Å². The van der Waals surface area contributed by atoms with Crippen LogP contribution in [0, 0.1) is 13.8 Å². The van der Waals surface area contributed by atoms with Crippen molar-refractivity contribution in [2.45, 2.75) is 32.6 Å². The highest BCUT2D eigenvalue weighted by Crippen LogP contribution is 2.38. The van der Waals surface area contributed by atoms with Crippen LogP contribution in [0.15, 0.2) is 23.6 Å². The molecule has 0 aliphatic carbocycles. The fourth-order valence-corrected chi connectivity index (χ4v) is 3.82. The number of alkyl halides is 1. The van der Waals surface area contributed by atoms with Gasteiger partial charge in [0, 0.05) is 9.90 Å². The third-order valence-corrected chi connectivity index (χ3v) is 5.23. The molecule has 0 aliphatic rings. The van der Waals surface area contributed by atoms with Crippen LogP contribution in [0.2, 0.25) is 5.02 Å². The molecule has 1 aromatic heterocycles. The summed E-state index contributed by atoms with van der Waals surface area (Å²) in [5.41, 5.74) is 4.74. The molecular weight excluding hydrogens is 283 g/mol. The Bertz CT molecular complexity index is 558. The molecule has 1 aromatic carbocycles. The lowest BCUT2D eigenvalue weighted by molar-refractivity contribution is 1.06. The van der Waals surface area contributed by atoms with E-state index in [0.29, 0.717) is 0 Å². The minimum atomic E-state index is -0.0732. The molecule has 1 heterocycles. The monoisotopic (exact) mass is 298 g/mol. The van der Waals surface area contributed by atoms with E-state index < -0.39 is 0 Å². The van der Waals surface area contributed by atoms with Gasteiger partial charge in [0.15, 0.2) is 0 Å². The molecule has 0 amide bonds. The third kappa shape index (κ3) is 2.59. The van der Waals surface area contributed by atoms with Gasteiger partial charge in [-0.05, 0) is 60.0 Å². The van der Waals surface area contributed by atoms with Crippen LogP contribution in [0.3, 0.4) is 0 Å². The summed E-state index contributed by atoms with van der Waals surface area (Å²) in [7, 11) is 0. The lowest BCUT2D eigenvalue weighted by Gasteiger charge is -2.15. The Morgan fingerprint density at radius 3 is 2.61 bits per heavy atom. The maximum atomic E-state index is 6.65. The average molecular weight is 299 g/mol. The summed E-state index contributed by atoms with van der Waals surface area (Å²) in [6.45, 7) is 6.24. The summed E-state index contributed by atoms with van der Waals surface area (Å²) in [4.78, 5) is 1.25. The topological polar surface area (TPSA) is 0 Å². The molecule has 18 heavy (non-hydrogen) atoms. The zero-order valence-electron chi connectivity index (χ0n) is 10.8. The maximum Gasteiger partial charge on any atom is 0.0933 e. The summed E-state index contributed by atoms with van der Waals surface area (Å²) < 4.78 is 0. The first-order valence-corrected chi connectivity index (χ1v) is 7.71. The van der Waals surface area contributed by atoms with Crippen LogP contribution in [0.4, 0.5) is 0 Å². The van der Waals surface area contributed by atoms with Crippen molar-refractivity contribution in [3.63, 3.8) is 0 Å². The van der Waals surface area contributed by atoms with Crippen LogP contribution >= 0.6 is 34.5 Å². The number of halogens is 2. The van der Waals surface area contributed by atoms with Gasteiger partial charge >= 0.3 is 0 Å². The zero-order chi connectivity index (χ0) is 13.3. The van der Waals surface area contributed by atoms with E-state index >= 15 is 0 Å².